The molecule has 0 aliphatic rings. The fourth-order valence-electron chi connectivity index (χ4n) is 3.13. The highest BCUT2D eigenvalue weighted by Crippen LogP contribution is 2.21. The van der Waals surface area contributed by atoms with Crippen LogP contribution in [0.3, 0.4) is 0 Å². The first-order valence-electron chi connectivity index (χ1n) is 9.66. The van der Waals surface area contributed by atoms with Crippen LogP contribution in [0, 0.1) is 6.92 Å². The maximum absolute atomic E-state index is 4.62. The summed E-state index contributed by atoms with van der Waals surface area (Å²) in [5.41, 5.74) is 3.04. The lowest BCUT2D eigenvalue weighted by atomic mass is 10.2. The number of anilines is 4. The number of aryl methyl sites for hydroxylation is 1. The zero-order valence-electron chi connectivity index (χ0n) is 17.7. The van der Waals surface area contributed by atoms with Crippen LogP contribution in [-0.4, -0.2) is 54.1 Å². The lowest BCUT2D eigenvalue weighted by Gasteiger charge is -2.30. The van der Waals surface area contributed by atoms with E-state index in [1.54, 1.807) is 0 Å². The molecule has 6 nitrogen and oxygen atoms in total. The van der Waals surface area contributed by atoms with Crippen LogP contribution in [0.25, 0.3) is 0 Å². The summed E-state index contributed by atoms with van der Waals surface area (Å²) in [4.78, 5) is 13.7. The molecule has 2 aromatic rings. The summed E-state index contributed by atoms with van der Waals surface area (Å²) in [6.07, 6.45) is 0. The molecule has 6 heteroatoms. The van der Waals surface area contributed by atoms with Gasteiger partial charge in [-0.25, -0.2) is 4.98 Å². The maximum atomic E-state index is 4.62. The molecule has 27 heavy (non-hydrogen) atoms. The van der Waals surface area contributed by atoms with Gasteiger partial charge in [0, 0.05) is 62.4 Å². The first-order valence-corrected chi connectivity index (χ1v) is 9.66. The third-order valence-electron chi connectivity index (χ3n) is 4.48. The van der Waals surface area contributed by atoms with Crippen molar-refractivity contribution in [3.63, 3.8) is 0 Å². The number of nitrogens with one attached hydrogen (secondary N) is 2. The molecule has 0 spiro atoms. The summed E-state index contributed by atoms with van der Waals surface area (Å²) >= 11 is 0. The minimum atomic E-state index is 0.528. The highest BCUT2D eigenvalue weighted by Gasteiger charge is 2.12. The van der Waals surface area contributed by atoms with E-state index in [9.17, 15) is 0 Å². The van der Waals surface area contributed by atoms with Gasteiger partial charge in [0.05, 0.1) is 0 Å². The second-order valence-electron chi connectivity index (χ2n) is 7.64. The summed E-state index contributed by atoms with van der Waals surface area (Å²) in [6, 6.07) is 11.2. The molecule has 0 aliphatic heterocycles. The van der Waals surface area contributed by atoms with E-state index in [0.717, 1.165) is 36.0 Å². The number of nitrogens with zero attached hydrogens (tertiary/aromatic N) is 4. The topological polar surface area (TPSA) is 56.3 Å². The third-order valence-corrected chi connectivity index (χ3v) is 4.48. The molecule has 0 saturated carbocycles. The Bertz CT molecular complexity index is 718. The number of rotatable bonds is 9. The zero-order valence-corrected chi connectivity index (χ0v) is 17.7. The van der Waals surface area contributed by atoms with Crippen molar-refractivity contribution in [2.75, 3.05) is 42.7 Å². The quantitative estimate of drug-likeness (QED) is 0.692. The summed E-state index contributed by atoms with van der Waals surface area (Å²) in [7, 11) is 4.06. The molecule has 0 fully saturated rings. The fourth-order valence-corrected chi connectivity index (χ4v) is 3.13. The Hall–Kier alpha value is -2.34. The van der Waals surface area contributed by atoms with E-state index in [1.165, 1.54) is 0 Å². The fraction of sp³-hybridized carbons (Fsp3) is 0.524. The molecule has 0 bridgehead atoms. The lowest BCUT2D eigenvalue weighted by Crippen LogP contribution is -2.40. The average Bonchev–Trinajstić information content (AvgIpc) is 2.57. The van der Waals surface area contributed by atoms with Crippen LogP contribution in [-0.2, 0) is 0 Å². The molecule has 1 heterocycles. The van der Waals surface area contributed by atoms with Crippen molar-refractivity contribution < 1.29 is 0 Å². The van der Waals surface area contributed by atoms with Crippen LogP contribution in [0.5, 0.6) is 0 Å². The van der Waals surface area contributed by atoms with E-state index in [-0.39, 0.29) is 0 Å². The second-order valence-corrected chi connectivity index (χ2v) is 7.64. The molecule has 0 radical (unpaired) electrons. The van der Waals surface area contributed by atoms with Crippen molar-refractivity contribution in [2.45, 2.75) is 46.7 Å². The zero-order chi connectivity index (χ0) is 20.0. The molecular weight excluding hydrogens is 336 g/mol. The first kappa shape index (κ1) is 21.0. The van der Waals surface area contributed by atoms with Gasteiger partial charge in [-0.15, -0.1) is 0 Å². The molecular formula is C21H34N6. The highest BCUT2D eigenvalue weighted by molar-refractivity contribution is 5.62. The smallest absolute Gasteiger partial charge is 0.229 e. The van der Waals surface area contributed by atoms with E-state index in [2.05, 4.69) is 70.2 Å². The van der Waals surface area contributed by atoms with Gasteiger partial charge in [-0.05, 0) is 52.8 Å². The predicted octanol–water partition coefficient (Wildman–Crippen LogP) is 4.13. The Morgan fingerprint density at radius 1 is 1.00 bits per heavy atom. The van der Waals surface area contributed by atoms with Crippen molar-refractivity contribution in [1.29, 1.82) is 0 Å². The van der Waals surface area contributed by atoms with Crippen LogP contribution < -0.4 is 15.5 Å². The molecule has 0 unspecified atom stereocenters. The molecule has 0 amide bonds. The Balaban J connectivity index is 2.04. The molecule has 1 aromatic carbocycles. The van der Waals surface area contributed by atoms with Gasteiger partial charge in [-0.3, -0.25) is 4.90 Å². The Morgan fingerprint density at radius 3 is 2.33 bits per heavy atom. The SMILES string of the molecule is Cc1cc(NCCN(C(C)C)C(C)C)nc(Nc2cccc(N(C)C)c2)n1. The van der Waals surface area contributed by atoms with Crippen LogP contribution in [0.15, 0.2) is 30.3 Å². The van der Waals surface area contributed by atoms with Crippen LogP contribution in [0.4, 0.5) is 23.1 Å². The van der Waals surface area contributed by atoms with E-state index < -0.39 is 0 Å². The maximum Gasteiger partial charge on any atom is 0.229 e. The minimum Gasteiger partial charge on any atom is -0.378 e. The summed E-state index contributed by atoms with van der Waals surface area (Å²) in [6.45, 7) is 12.8. The van der Waals surface area contributed by atoms with Gasteiger partial charge in [0.15, 0.2) is 0 Å². The van der Waals surface area contributed by atoms with Crippen LogP contribution in [0.1, 0.15) is 33.4 Å². The Labute approximate surface area is 164 Å². The second kappa shape index (κ2) is 9.55. The van der Waals surface area contributed by atoms with Gasteiger partial charge in [0.25, 0.3) is 0 Å². The van der Waals surface area contributed by atoms with Crippen molar-refractivity contribution in [3.8, 4) is 0 Å². The van der Waals surface area contributed by atoms with Gasteiger partial charge in [-0.2, -0.15) is 4.98 Å². The van der Waals surface area contributed by atoms with E-state index in [4.69, 9.17) is 0 Å². The highest BCUT2D eigenvalue weighted by atomic mass is 15.2. The molecule has 2 rings (SSSR count). The predicted molar refractivity (Wildman–Crippen MR) is 116 cm³/mol. The van der Waals surface area contributed by atoms with Crippen molar-refractivity contribution in [2.24, 2.45) is 0 Å². The first-order chi connectivity index (χ1) is 12.8. The third kappa shape index (κ3) is 6.40. The van der Waals surface area contributed by atoms with Crippen LogP contribution in [0.2, 0.25) is 0 Å². The largest absolute Gasteiger partial charge is 0.378 e. The molecule has 0 aliphatic carbocycles. The molecule has 148 valence electrons. The van der Waals surface area contributed by atoms with Gasteiger partial charge >= 0.3 is 0 Å². The Kier molecular flexibility index (Phi) is 7.42. The van der Waals surface area contributed by atoms with Crippen molar-refractivity contribution >= 4 is 23.1 Å². The van der Waals surface area contributed by atoms with Gasteiger partial charge < -0.3 is 15.5 Å². The number of aromatic nitrogens is 2. The molecule has 2 N–H and O–H groups in total. The number of hydrogen-bond acceptors (Lipinski definition) is 6. The van der Waals surface area contributed by atoms with Gasteiger partial charge in [0.2, 0.25) is 5.95 Å². The summed E-state index contributed by atoms with van der Waals surface area (Å²) in [5, 5.41) is 6.76. The Morgan fingerprint density at radius 2 is 1.70 bits per heavy atom. The van der Waals surface area contributed by atoms with Crippen molar-refractivity contribution in [3.05, 3.63) is 36.0 Å². The molecule has 1 aromatic heterocycles. The number of hydrogen-bond donors (Lipinski definition) is 2. The van der Waals surface area contributed by atoms with E-state index in [0.29, 0.717) is 18.0 Å². The van der Waals surface area contributed by atoms with E-state index in [1.807, 2.05) is 39.2 Å². The lowest BCUT2D eigenvalue weighted by molar-refractivity contribution is 0.182. The number of benzene rings is 1. The van der Waals surface area contributed by atoms with Gasteiger partial charge in [-0.1, -0.05) is 6.07 Å². The van der Waals surface area contributed by atoms with Gasteiger partial charge in [0.1, 0.15) is 5.82 Å². The standard InChI is InChI=1S/C21H34N6/c1-15(2)27(16(3)4)12-11-22-20-13-17(5)23-21(25-20)24-18-9-8-10-19(14-18)26(6)7/h8-10,13-16H,11-12H2,1-7H3,(H2,22,23,24,25). The average molecular weight is 371 g/mol. The minimum absolute atomic E-state index is 0.528. The summed E-state index contributed by atoms with van der Waals surface area (Å²) < 4.78 is 0. The molecule has 0 saturated heterocycles. The molecule has 0 atom stereocenters. The van der Waals surface area contributed by atoms with Crippen LogP contribution >= 0.6 is 0 Å². The monoisotopic (exact) mass is 370 g/mol. The normalized spacial score (nSPS) is 11.3. The van der Waals surface area contributed by atoms with Crippen molar-refractivity contribution in [1.82, 2.24) is 14.9 Å². The van der Waals surface area contributed by atoms with E-state index >= 15 is 0 Å². The summed E-state index contributed by atoms with van der Waals surface area (Å²) in [5.74, 6) is 1.46.